The molecule has 0 aliphatic rings. The van der Waals surface area contributed by atoms with Crippen LogP contribution in [0.4, 0.5) is 4.39 Å². The lowest BCUT2D eigenvalue weighted by Crippen LogP contribution is -2.04. The third-order valence-electron chi connectivity index (χ3n) is 3.69. The third-order valence-corrected chi connectivity index (χ3v) is 7.01. The molecule has 26 heavy (non-hydrogen) atoms. The van der Waals surface area contributed by atoms with Gasteiger partial charge in [0, 0.05) is 12.1 Å². The second-order valence-electron chi connectivity index (χ2n) is 5.44. The van der Waals surface area contributed by atoms with Crippen LogP contribution >= 0.6 is 11.3 Å². The first-order chi connectivity index (χ1) is 12.5. The van der Waals surface area contributed by atoms with Gasteiger partial charge in [-0.3, -0.25) is 0 Å². The van der Waals surface area contributed by atoms with E-state index in [-0.39, 0.29) is 20.4 Å². The zero-order chi connectivity index (χ0) is 18.7. The van der Waals surface area contributed by atoms with Gasteiger partial charge >= 0.3 is 0 Å². The molecule has 0 unspecified atom stereocenters. The summed E-state index contributed by atoms with van der Waals surface area (Å²) in [5.74, 6) is -0.0885. The van der Waals surface area contributed by atoms with Crippen LogP contribution < -0.4 is 10.1 Å². The highest BCUT2D eigenvalue weighted by molar-refractivity contribution is 7.93. The molecule has 3 rings (SSSR count). The number of ether oxygens (including phenoxy) is 1. The Hall–Kier alpha value is -2.29. The molecule has 136 valence electrons. The summed E-state index contributed by atoms with van der Waals surface area (Å²) in [6.45, 7) is 0.389. The van der Waals surface area contributed by atoms with Crippen LogP contribution in [0.1, 0.15) is 5.01 Å². The van der Waals surface area contributed by atoms with Crippen LogP contribution in [0.5, 0.6) is 5.75 Å². The van der Waals surface area contributed by atoms with Gasteiger partial charge < -0.3 is 10.1 Å². The number of sulfone groups is 1. The van der Waals surface area contributed by atoms with Gasteiger partial charge in [-0.15, -0.1) is 11.3 Å². The maximum Gasteiger partial charge on any atom is 0.218 e. The normalized spacial score (nSPS) is 11.5. The first kappa shape index (κ1) is 18.5. The molecule has 3 aromatic rings. The summed E-state index contributed by atoms with van der Waals surface area (Å²) in [5.41, 5.74) is 0.286. The predicted molar refractivity (Wildman–Crippen MR) is 98.7 cm³/mol. The van der Waals surface area contributed by atoms with E-state index in [2.05, 4.69) is 10.3 Å². The average molecular weight is 392 g/mol. The first-order valence-electron chi connectivity index (χ1n) is 7.75. The number of benzene rings is 2. The van der Waals surface area contributed by atoms with E-state index in [4.69, 9.17) is 4.74 Å². The van der Waals surface area contributed by atoms with Crippen molar-refractivity contribution < 1.29 is 17.5 Å². The molecule has 2 aromatic carbocycles. The van der Waals surface area contributed by atoms with Crippen molar-refractivity contribution in [3.63, 3.8) is 0 Å². The van der Waals surface area contributed by atoms with E-state index in [1.807, 2.05) is 0 Å². The molecule has 0 amide bonds. The van der Waals surface area contributed by atoms with Crippen LogP contribution in [0, 0.1) is 5.82 Å². The average Bonchev–Trinajstić information content (AvgIpc) is 3.07. The van der Waals surface area contributed by atoms with Gasteiger partial charge in [-0.2, -0.15) is 0 Å². The molecule has 0 atom stereocenters. The van der Waals surface area contributed by atoms with Crippen LogP contribution in [0.3, 0.4) is 0 Å². The zero-order valence-corrected chi connectivity index (χ0v) is 15.8. The minimum atomic E-state index is -3.88. The van der Waals surface area contributed by atoms with Crippen molar-refractivity contribution >= 4 is 21.2 Å². The molecule has 0 saturated heterocycles. The highest BCUT2D eigenvalue weighted by atomic mass is 32.2. The Balaban J connectivity index is 2.21. The Kier molecular flexibility index (Phi) is 5.36. The number of nitrogens with one attached hydrogen (secondary N) is 1. The largest absolute Gasteiger partial charge is 0.497 e. The first-order valence-corrected chi connectivity index (χ1v) is 10.1. The number of hydrogen-bond acceptors (Lipinski definition) is 6. The quantitative estimate of drug-likeness (QED) is 0.695. The predicted octanol–water partition coefficient (Wildman–Crippen LogP) is 3.51. The van der Waals surface area contributed by atoms with Crippen LogP contribution in [-0.2, 0) is 16.4 Å². The summed E-state index contributed by atoms with van der Waals surface area (Å²) in [4.78, 5) is 4.45. The highest BCUT2D eigenvalue weighted by Crippen LogP contribution is 2.37. The van der Waals surface area contributed by atoms with Crippen molar-refractivity contribution in [2.45, 2.75) is 15.6 Å². The number of nitrogens with zero attached hydrogens (tertiary/aromatic N) is 1. The molecule has 8 heteroatoms. The van der Waals surface area contributed by atoms with Crippen molar-refractivity contribution in [1.82, 2.24) is 10.3 Å². The fraction of sp³-hybridized carbons (Fsp3) is 0.167. The monoisotopic (exact) mass is 392 g/mol. The van der Waals surface area contributed by atoms with E-state index in [1.54, 1.807) is 31.3 Å². The fourth-order valence-corrected chi connectivity index (χ4v) is 5.45. The Labute approximate surface area is 155 Å². The summed E-state index contributed by atoms with van der Waals surface area (Å²) < 4.78 is 45.8. The number of aromatic nitrogens is 1. The third kappa shape index (κ3) is 3.48. The van der Waals surface area contributed by atoms with Crippen molar-refractivity contribution in [2.24, 2.45) is 0 Å². The summed E-state index contributed by atoms with van der Waals surface area (Å²) in [5, 5.41) is 3.50. The topological polar surface area (TPSA) is 68.3 Å². The molecule has 5 nitrogen and oxygen atoms in total. The summed E-state index contributed by atoms with van der Waals surface area (Å²) >= 11 is 1.03. The Morgan fingerprint density at radius 2 is 1.96 bits per heavy atom. The van der Waals surface area contributed by atoms with E-state index in [9.17, 15) is 12.8 Å². The Bertz CT molecular complexity index is 1030. The van der Waals surface area contributed by atoms with Crippen molar-refractivity contribution in [3.05, 3.63) is 59.4 Å². The molecule has 0 saturated carbocycles. The van der Waals surface area contributed by atoms with Gasteiger partial charge in [-0.25, -0.2) is 17.8 Å². The smallest absolute Gasteiger partial charge is 0.218 e. The molecule has 0 radical (unpaired) electrons. The minimum Gasteiger partial charge on any atom is -0.497 e. The number of halogens is 1. The van der Waals surface area contributed by atoms with Crippen LogP contribution in [0.15, 0.2) is 57.6 Å². The minimum absolute atomic E-state index is 0.0149. The molecule has 0 spiro atoms. The van der Waals surface area contributed by atoms with Crippen molar-refractivity contribution in [1.29, 1.82) is 0 Å². The SMILES string of the molecule is CNCc1nc(-c2ccccc2F)c(S(=O)(=O)c2cccc(OC)c2)s1. The lowest BCUT2D eigenvalue weighted by atomic mass is 10.1. The van der Waals surface area contributed by atoms with Gasteiger partial charge in [0.2, 0.25) is 9.84 Å². The standard InChI is InChI=1S/C18H17FN2O3S2/c1-20-11-16-21-17(14-8-3-4-9-15(14)19)18(25-16)26(22,23)13-7-5-6-12(10-13)24-2/h3-10,20H,11H2,1-2H3. The Morgan fingerprint density at radius 1 is 1.19 bits per heavy atom. The molecule has 1 N–H and O–H groups in total. The van der Waals surface area contributed by atoms with Crippen molar-refractivity contribution in [3.8, 4) is 17.0 Å². The summed E-state index contributed by atoms with van der Waals surface area (Å²) in [7, 11) is -0.680. The molecular weight excluding hydrogens is 375 g/mol. The van der Waals surface area contributed by atoms with Gasteiger partial charge in [-0.1, -0.05) is 18.2 Å². The molecule has 1 aromatic heterocycles. The fourth-order valence-electron chi connectivity index (χ4n) is 2.46. The zero-order valence-electron chi connectivity index (χ0n) is 14.2. The van der Waals surface area contributed by atoms with Gasteiger partial charge in [0.1, 0.15) is 22.3 Å². The number of methoxy groups -OCH3 is 1. The lowest BCUT2D eigenvalue weighted by molar-refractivity contribution is 0.413. The number of rotatable bonds is 6. The van der Waals surface area contributed by atoms with Gasteiger partial charge in [-0.05, 0) is 37.4 Å². The number of hydrogen-bond donors (Lipinski definition) is 1. The van der Waals surface area contributed by atoms with Gasteiger partial charge in [0.25, 0.3) is 0 Å². The summed E-state index contributed by atoms with van der Waals surface area (Å²) in [6, 6.07) is 12.2. The van der Waals surface area contributed by atoms with Crippen molar-refractivity contribution in [2.75, 3.05) is 14.2 Å². The Morgan fingerprint density at radius 3 is 2.65 bits per heavy atom. The number of thiazole rings is 1. The maximum absolute atomic E-state index is 14.3. The molecular formula is C18H17FN2O3S2. The van der Waals surface area contributed by atoms with E-state index in [0.717, 1.165) is 11.3 Å². The summed E-state index contributed by atoms with van der Waals surface area (Å²) in [6.07, 6.45) is 0. The van der Waals surface area contributed by atoms with Crippen LogP contribution in [0.2, 0.25) is 0 Å². The highest BCUT2D eigenvalue weighted by Gasteiger charge is 2.28. The van der Waals surface area contributed by atoms with E-state index >= 15 is 0 Å². The van der Waals surface area contributed by atoms with E-state index < -0.39 is 15.7 Å². The molecule has 0 fully saturated rings. The van der Waals surface area contributed by atoms with E-state index in [1.165, 1.54) is 31.4 Å². The van der Waals surface area contributed by atoms with Crippen LogP contribution in [0.25, 0.3) is 11.3 Å². The maximum atomic E-state index is 14.3. The van der Waals surface area contributed by atoms with Gasteiger partial charge in [0.15, 0.2) is 4.21 Å². The second kappa shape index (κ2) is 7.53. The molecule has 0 bridgehead atoms. The van der Waals surface area contributed by atoms with Crippen LogP contribution in [-0.4, -0.2) is 27.6 Å². The molecule has 0 aliphatic heterocycles. The molecule has 1 heterocycles. The molecule has 0 aliphatic carbocycles. The van der Waals surface area contributed by atoms with Gasteiger partial charge in [0.05, 0.1) is 12.0 Å². The second-order valence-corrected chi connectivity index (χ2v) is 8.66. The van der Waals surface area contributed by atoms with E-state index in [0.29, 0.717) is 17.3 Å². The lowest BCUT2D eigenvalue weighted by Gasteiger charge is -2.07.